The lowest BCUT2D eigenvalue weighted by Gasteiger charge is -2.42. The molecule has 0 bridgehead atoms. The van der Waals surface area contributed by atoms with Gasteiger partial charge in [-0.15, -0.1) is 0 Å². The molecule has 0 aliphatic rings. The summed E-state index contributed by atoms with van der Waals surface area (Å²) in [6.45, 7) is 17.5. The Hall–Kier alpha value is -3.86. The van der Waals surface area contributed by atoms with E-state index in [1.54, 1.807) is 7.11 Å². The van der Waals surface area contributed by atoms with E-state index in [1.165, 1.54) is 0 Å². The minimum absolute atomic E-state index is 0.156. The number of benzene rings is 3. The van der Waals surface area contributed by atoms with Crippen molar-refractivity contribution in [1.29, 1.82) is 0 Å². The highest BCUT2D eigenvalue weighted by atomic mass is 28.4. The molecule has 0 spiro atoms. The molecule has 2 N–H and O–H groups in total. The summed E-state index contributed by atoms with van der Waals surface area (Å²) in [5.74, 6) is -0.286. The van der Waals surface area contributed by atoms with Gasteiger partial charge >= 0.3 is 12.1 Å². The summed E-state index contributed by atoms with van der Waals surface area (Å²) in [4.78, 5) is 26.1. The average molecular weight is 708 g/mol. The SMILES string of the molecule is COCCOc1ccc(C[C@H](NC(=O)OC(C)(C)C)[C@H](C[C@@H](Cc2ccc(OCc3ccccc3)cc2)C(=O)O)O[Si](C)(C)C(C)(C)C)cc1. The molecule has 0 aliphatic carbocycles. The second-order valence-electron chi connectivity index (χ2n) is 15.3. The van der Waals surface area contributed by atoms with Crippen LogP contribution in [0.25, 0.3) is 0 Å². The molecule has 3 aromatic carbocycles. The van der Waals surface area contributed by atoms with Crippen molar-refractivity contribution in [2.24, 2.45) is 5.92 Å². The first-order valence-electron chi connectivity index (χ1n) is 17.3. The Kier molecular flexibility index (Phi) is 14.9. The maximum atomic E-state index is 13.3. The van der Waals surface area contributed by atoms with Gasteiger partial charge in [-0.2, -0.15) is 0 Å². The van der Waals surface area contributed by atoms with Gasteiger partial charge in [0, 0.05) is 7.11 Å². The smallest absolute Gasteiger partial charge is 0.407 e. The van der Waals surface area contributed by atoms with E-state index in [4.69, 9.17) is 23.4 Å². The van der Waals surface area contributed by atoms with Crippen LogP contribution in [0.1, 0.15) is 64.7 Å². The molecular formula is C40H57NO8Si. The fourth-order valence-electron chi connectivity index (χ4n) is 5.10. The van der Waals surface area contributed by atoms with Crippen molar-refractivity contribution in [3.05, 3.63) is 95.6 Å². The molecule has 0 saturated heterocycles. The minimum Gasteiger partial charge on any atom is -0.491 e. The monoisotopic (exact) mass is 707 g/mol. The molecule has 50 heavy (non-hydrogen) atoms. The largest absolute Gasteiger partial charge is 0.491 e. The third-order valence-electron chi connectivity index (χ3n) is 8.86. The Bertz CT molecular complexity index is 1460. The number of hydrogen-bond acceptors (Lipinski definition) is 7. The van der Waals surface area contributed by atoms with Gasteiger partial charge in [0.1, 0.15) is 30.3 Å². The maximum Gasteiger partial charge on any atom is 0.407 e. The lowest BCUT2D eigenvalue weighted by atomic mass is 9.89. The number of nitrogens with one attached hydrogen (secondary N) is 1. The Morgan fingerprint density at radius 1 is 0.760 bits per heavy atom. The molecule has 0 radical (unpaired) electrons. The van der Waals surface area contributed by atoms with Crippen LogP contribution in [0.4, 0.5) is 4.79 Å². The fraction of sp³-hybridized carbons (Fsp3) is 0.500. The topological polar surface area (TPSA) is 113 Å². The van der Waals surface area contributed by atoms with Gasteiger partial charge < -0.3 is 33.8 Å². The Labute approximate surface area is 299 Å². The fourth-order valence-corrected chi connectivity index (χ4v) is 6.47. The van der Waals surface area contributed by atoms with Crippen molar-refractivity contribution in [1.82, 2.24) is 5.32 Å². The van der Waals surface area contributed by atoms with Gasteiger partial charge in [0.15, 0.2) is 8.32 Å². The second kappa shape index (κ2) is 18.4. The molecule has 0 aliphatic heterocycles. The summed E-state index contributed by atoms with van der Waals surface area (Å²) in [5, 5.41) is 13.4. The lowest BCUT2D eigenvalue weighted by Crippen LogP contribution is -2.54. The summed E-state index contributed by atoms with van der Waals surface area (Å²) in [6.07, 6.45) is -0.318. The number of carbonyl (C=O) groups is 2. The van der Waals surface area contributed by atoms with Crippen molar-refractivity contribution in [3.63, 3.8) is 0 Å². The van der Waals surface area contributed by atoms with Gasteiger partial charge in [-0.1, -0.05) is 75.4 Å². The molecule has 0 heterocycles. The quantitative estimate of drug-likeness (QED) is 0.100. The number of ether oxygens (including phenoxy) is 4. The Morgan fingerprint density at radius 3 is 1.84 bits per heavy atom. The first-order valence-corrected chi connectivity index (χ1v) is 20.2. The summed E-state index contributed by atoms with van der Waals surface area (Å²) in [6, 6.07) is 24.6. The van der Waals surface area contributed by atoms with Gasteiger partial charge in [-0.3, -0.25) is 4.79 Å². The summed E-state index contributed by atoms with van der Waals surface area (Å²) < 4.78 is 29.5. The normalized spacial score (nSPS) is 13.9. The third kappa shape index (κ3) is 13.8. The van der Waals surface area contributed by atoms with Crippen molar-refractivity contribution < 1.29 is 38.1 Å². The van der Waals surface area contributed by atoms with Gasteiger partial charge in [-0.05, 0) is 99.1 Å². The zero-order chi connectivity index (χ0) is 37.0. The van der Waals surface area contributed by atoms with Crippen LogP contribution in [0.3, 0.4) is 0 Å². The first kappa shape index (κ1) is 40.6. The van der Waals surface area contributed by atoms with Crippen LogP contribution in [0.5, 0.6) is 11.5 Å². The van der Waals surface area contributed by atoms with Crippen molar-refractivity contribution in [2.45, 2.75) is 103 Å². The van der Waals surface area contributed by atoms with Crippen LogP contribution in [-0.4, -0.2) is 63.6 Å². The van der Waals surface area contributed by atoms with Gasteiger partial charge in [0.05, 0.1) is 24.7 Å². The molecular weight excluding hydrogens is 651 g/mol. The predicted octanol–water partition coefficient (Wildman–Crippen LogP) is 8.45. The number of rotatable bonds is 18. The molecule has 0 unspecified atom stereocenters. The second-order valence-corrected chi connectivity index (χ2v) is 20.0. The number of amides is 1. The highest BCUT2D eigenvalue weighted by Gasteiger charge is 2.42. The summed E-state index contributed by atoms with van der Waals surface area (Å²) in [5.41, 5.74) is 2.16. The molecule has 3 aromatic rings. The lowest BCUT2D eigenvalue weighted by molar-refractivity contribution is -0.142. The molecule has 3 rings (SSSR count). The van der Waals surface area contributed by atoms with E-state index in [0.717, 1.165) is 16.7 Å². The summed E-state index contributed by atoms with van der Waals surface area (Å²) in [7, 11) is -0.820. The van der Waals surface area contributed by atoms with E-state index >= 15 is 0 Å². The van der Waals surface area contributed by atoms with Crippen molar-refractivity contribution >= 4 is 20.4 Å². The van der Waals surface area contributed by atoms with E-state index in [0.29, 0.717) is 44.2 Å². The van der Waals surface area contributed by atoms with E-state index in [2.05, 4.69) is 39.2 Å². The average Bonchev–Trinajstić information content (AvgIpc) is 3.03. The van der Waals surface area contributed by atoms with Gasteiger partial charge in [0.2, 0.25) is 0 Å². The molecule has 3 atom stereocenters. The maximum absolute atomic E-state index is 13.3. The zero-order valence-corrected chi connectivity index (χ0v) is 32.3. The van der Waals surface area contributed by atoms with Gasteiger partial charge in [0.25, 0.3) is 0 Å². The number of carboxylic acid groups (broad SMARTS) is 1. The standard InChI is InChI=1S/C40H57NO8Si/c1-39(2,3)48-38(44)41-35(26-30-17-19-33(20-18-30)46-24-23-45-7)36(49-50(8,9)40(4,5)6)27-32(37(42)43)25-29-15-21-34(22-16-29)47-28-31-13-11-10-12-14-31/h10-22,32,35-36H,23-28H2,1-9H3,(H,41,44)(H,42,43)/t32-,35+,36+/m1/s1. The van der Waals surface area contributed by atoms with Gasteiger partial charge in [-0.25, -0.2) is 4.79 Å². The highest BCUT2D eigenvalue weighted by molar-refractivity contribution is 6.74. The van der Waals surface area contributed by atoms with Crippen LogP contribution in [0.2, 0.25) is 18.1 Å². The van der Waals surface area contributed by atoms with E-state index in [-0.39, 0.29) is 11.5 Å². The van der Waals surface area contributed by atoms with Crippen LogP contribution in [0.15, 0.2) is 78.9 Å². The number of aliphatic carboxylic acids is 1. The molecule has 10 heteroatoms. The molecule has 9 nitrogen and oxygen atoms in total. The Balaban J connectivity index is 1.89. The van der Waals surface area contributed by atoms with E-state index in [9.17, 15) is 14.7 Å². The molecule has 0 fully saturated rings. The third-order valence-corrected chi connectivity index (χ3v) is 13.4. The number of carboxylic acids is 1. The minimum atomic E-state index is -2.45. The number of hydrogen-bond donors (Lipinski definition) is 2. The van der Waals surface area contributed by atoms with Crippen LogP contribution in [-0.2, 0) is 38.1 Å². The van der Waals surface area contributed by atoms with E-state index < -0.39 is 44.0 Å². The Morgan fingerprint density at radius 2 is 1.32 bits per heavy atom. The van der Waals surface area contributed by atoms with Crippen LogP contribution >= 0.6 is 0 Å². The predicted molar refractivity (Wildman–Crippen MR) is 199 cm³/mol. The molecule has 0 saturated carbocycles. The van der Waals surface area contributed by atoms with Crippen molar-refractivity contribution in [3.8, 4) is 11.5 Å². The van der Waals surface area contributed by atoms with E-state index in [1.807, 2.05) is 99.6 Å². The first-order chi connectivity index (χ1) is 23.5. The molecule has 1 amide bonds. The molecule has 274 valence electrons. The summed E-state index contributed by atoms with van der Waals surface area (Å²) >= 11 is 0. The zero-order valence-electron chi connectivity index (χ0n) is 31.3. The number of carbonyl (C=O) groups excluding carboxylic acids is 1. The van der Waals surface area contributed by atoms with Crippen LogP contribution in [0, 0.1) is 5.92 Å². The molecule has 0 aromatic heterocycles. The van der Waals surface area contributed by atoms with Crippen LogP contribution < -0.4 is 14.8 Å². The van der Waals surface area contributed by atoms with Crippen molar-refractivity contribution in [2.75, 3.05) is 20.3 Å². The number of alkyl carbamates (subject to hydrolysis) is 1. The number of methoxy groups -OCH3 is 1. The highest BCUT2D eigenvalue weighted by Crippen LogP contribution is 2.39.